The molecule has 3 nitrogen and oxygen atoms in total. The van der Waals surface area contributed by atoms with Gasteiger partial charge in [0.2, 0.25) is 0 Å². The molecule has 86 valence electrons. The lowest BCUT2D eigenvalue weighted by Crippen LogP contribution is -2.25. The van der Waals surface area contributed by atoms with Gasteiger partial charge in [-0.15, -0.1) is 0 Å². The molecule has 0 spiro atoms. The molecule has 1 aliphatic rings. The Bertz CT molecular complexity index is 347. The lowest BCUT2D eigenvalue weighted by molar-refractivity contribution is 0.00413. The van der Waals surface area contributed by atoms with Gasteiger partial charge in [0.1, 0.15) is 18.5 Å². The van der Waals surface area contributed by atoms with Crippen molar-refractivity contribution in [1.29, 1.82) is 0 Å². The molecule has 1 aromatic carbocycles. The summed E-state index contributed by atoms with van der Waals surface area (Å²) in [5, 5.41) is 9.54. The van der Waals surface area contributed by atoms with Gasteiger partial charge in [-0.05, 0) is 6.42 Å². The Labute approximate surface area is 95.3 Å². The Morgan fingerprint density at radius 1 is 1.44 bits per heavy atom. The number of rotatable bonds is 4. The minimum absolute atomic E-state index is 0.222. The topological polar surface area (TPSA) is 38.7 Å². The molecule has 0 aromatic heterocycles. The van der Waals surface area contributed by atoms with Gasteiger partial charge < -0.3 is 14.6 Å². The molecule has 1 fully saturated rings. The second-order valence-corrected chi connectivity index (χ2v) is 3.87. The molecule has 3 heteroatoms. The van der Waals surface area contributed by atoms with Crippen LogP contribution in [0.2, 0.25) is 0 Å². The second kappa shape index (κ2) is 5.14. The van der Waals surface area contributed by atoms with Crippen molar-refractivity contribution in [3.05, 3.63) is 42.5 Å². The average Bonchev–Trinajstić information content (AvgIpc) is 2.73. The maximum absolute atomic E-state index is 9.54. The monoisotopic (exact) mass is 220 g/mol. The van der Waals surface area contributed by atoms with E-state index >= 15 is 0 Å². The molecule has 0 radical (unpaired) electrons. The normalized spacial score (nSPS) is 24.3. The number of aliphatic hydroxyl groups excluding tert-OH is 1. The average molecular weight is 220 g/mol. The summed E-state index contributed by atoms with van der Waals surface area (Å²) in [7, 11) is 0. The SMILES string of the molecule is C=C(OCC1OCC[C@H]1O)c1ccccc1. The Morgan fingerprint density at radius 3 is 2.81 bits per heavy atom. The van der Waals surface area contributed by atoms with E-state index in [1.165, 1.54) is 0 Å². The first-order chi connectivity index (χ1) is 7.77. The van der Waals surface area contributed by atoms with Crippen LogP contribution in [0.1, 0.15) is 12.0 Å². The predicted molar refractivity (Wildman–Crippen MR) is 61.8 cm³/mol. The highest BCUT2D eigenvalue weighted by molar-refractivity contribution is 5.56. The Hall–Kier alpha value is -1.32. The number of ether oxygens (including phenoxy) is 2. The fourth-order valence-electron chi connectivity index (χ4n) is 1.69. The van der Waals surface area contributed by atoms with Crippen LogP contribution < -0.4 is 0 Å². The van der Waals surface area contributed by atoms with E-state index < -0.39 is 6.10 Å². The fraction of sp³-hybridized carbons (Fsp3) is 0.385. The van der Waals surface area contributed by atoms with Crippen molar-refractivity contribution in [3.63, 3.8) is 0 Å². The zero-order valence-electron chi connectivity index (χ0n) is 9.13. The predicted octanol–water partition coefficient (Wildman–Crippen LogP) is 1.82. The summed E-state index contributed by atoms with van der Waals surface area (Å²) >= 11 is 0. The fourth-order valence-corrected chi connectivity index (χ4v) is 1.69. The van der Waals surface area contributed by atoms with E-state index in [1.807, 2.05) is 30.3 Å². The molecule has 1 heterocycles. The smallest absolute Gasteiger partial charge is 0.119 e. The Balaban J connectivity index is 1.84. The van der Waals surface area contributed by atoms with Crippen molar-refractivity contribution >= 4 is 5.76 Å². The number of hydrogen-bond acceptors (Lipinski definition) is 3. The molecule has 0 bridgehead atoms. The van der Waals surface area contributed by atoms with Gasteiger partial charge >= 0.3 is 0 Å². The molecular formula is C13H16O3. The van der Waals surface area contributed by atoms with Crippen LogP contribution in [0.3, 0.4) is 0 Å². The number of aliphatic hydroxyl groups is 1. The van der Waals surface area contributed by atoms with Crippen LogP contribution in [0.4, 0.5) is 0 Å². The molecule has 2 atom stereocenters. The van der Waals surface area contributed by atoms with Gasteiger partial charge in [-0.25, -0.2) is 0 Å². The summed E-state index contributed by atoms with van der Waals surface area (Å²) in [6.07, 6.45) is 0.0512. The number of hydrogen-bond donors (Lipinski definition) is 1. The molecule has 1 N–H and O–H groups in total. The van der Waals surface area contributed by atoms with E-state index in [2.05, 4.69) is 6.58 Å². The molecule has 0 saturated carbocycles. The molecule has 1 aromatic rings. The van der Waals surface area contributed by atoms with Gasteiger partial charge in [-0.2, -0.15) is 0 Å². The van der Waals surface area contributed by atoms with E-state index in [0.29, 0.717) is 25.4 Å². The van der Waals surface area contributed by atoms with Crippen LogP contribution in [-0.4, -0.2) is 30.5 Å². The van der Waals surface area contributed by atoms with Gasteiger partial charge in [-0.1, -0.05) is 36.9 Å². The van der Waals surface area contributed by atoms with Crippen molar-refractivity contribution in [2.45, 2.75) is 18.6 Å². The van der Waals surface area contributed by atoms with Crippen molar-refractivity contribution in [2.75, 3.05) is 13.2 Å². The molecule has 16 heavy (non-hydrogen) atoms. The standard InChI is InChI=1S/C13H16O3/c1-10(11-5-3-2-4-6-11)16-9-13-12(14)7-8-15-13/h2-6,12-14H,1,7-9H2/t12-,13?/m1/s1. The van der Waals surface area contributed by atoms with Crippen molar-refractivity contribution in [1.82, 2.24) is 0 Å². The van der Waals surface area contributed by atoms with Crippen molar-refractivity contribution < 1.29 is 14.6 Å². The molecule has 0 aliphatic carbocycles. The van der Waals surface area contributed by atoms with Gasteiger partial charge in [-0.3, -0.25) is 0 Å². The Kier molecular flexibility index (Phi) is 3.59. The van der Waals surface area contributed by atoms with E-state index in [9.17, 15) is 5.11 Å². The Morgan fingerprint density at radius 2 is 2.19 bits per heavy atom. The highest BCUT2D eigenvalue weighted by atomic mass is 16.5. The van der Waals surface area contributed by atoms with Crippen molar-refractivity contribution in [2.24, 2.45) is 0 Å². The van der Waals surface area contributed by atoms with Gasteiger partial charge in [0.05, 0.1) is 6.10 Å². The zero-order chi connectivity index (χ0) is 11.4. The first-order valence-electron chi connectivity index (χ1n) is 5.44. The van der Waals surface area contributed by atoms with Crippen molar-refractivity contribution in [3.8, 4) is 0 Å². The third-order valence-corrected chi connectivity index (χ3v) is 2.69. The third-order valence-electron chi connectivity index (χ3n) is 2.69. The van der Waals surface area contributed by atoms with Gasteiger partial charge in [0.25, 0.3) is 0 Å². The summed E-state index contributed by atoms with van der Waals surface area (Å²) in [6.45, 7) is 4.81. The lowest BCUT2D eigenvalue weighted by atomic mass is 10.2. The summed E-state index contributed by atoms with van der Waals surface area (Å²) in [4.78, 5) is 0. The summed E-state index contributed by atoms with van der Waals surface area (Å²) in [6, 6.07) is 9.69. The van der Waals surface area contributed by atoms with Crippen LogP contribution in [0.5, 0.6) is 0 Å². The number of benzene rings is 1. The molecule has 1 unspecified atom stereocenters. The van der Waals surface area contributed by atoms with E-state index in [4.69, 9.17) is 9.47 Å². The van der Waals surface area contributed by atoms with Gasteiger partial charge in [0.15, 0.2) is 0 Å². The van der Waals surface area contributed by atoms with Gasteiger partial charge in [0, 0.05) is 12.2 Å². The molecule has 2 rings (SSSR count). The summed E-state index contributed by atoms with van der Waals surface area (Å²) in [5.74, 6) is 0.614. The van der Waals surface area contributed by atoms with E-state index in [0.717, 1.165) is 5.56 Å². The highest BCUT2D eigenvalue weighted by Crippen LogP contribution is 2.18. The largest absolute Gasteiger partial charge is 0.491 e. The van der Waals surface area contributed by atoms with E-state index in [-0.39, 0.29) is 6.10 Å². The minimum Gasteiger partial charge on any atom is -0.491 e. The lowest BCUT2D eigenvalue weighted by Gasteiger charge is -2.16. The molecule has 0 amide bonds. The molecule has 1 saturated heterocycles. The minimum atomic E-state index is -0.413. The first kappa shape index (κ1) is 11.2. The summed E-state index contributed by atoms with van der Waals surface area (Å²) in [5.41, 5.74) is 0.954. The van der Waals surface area contributed by atoms with Crippen LogP contribution >= 0.6 is 0 Å². The zero-order valence-corrected chi connectivity index (χ0v) is 9.13. The summed E-state index contributed by atoms with van der Waals surface area (Å²) < 4.78 is 10.8. The van der Waals surface area contributed by atoms with E-state index in [1.54, 1.807) is 0 Å². The third kappa shape index (κ3) is 2.62. The molecule has 1 aliphatic heterocycles. The first-order valence-corrected chi connectivity index (χ1v) is 5.44. The molecular weight excluding hydrogens is 204 g/mol. The maximum atomic E-state index is 9.54. The van der Waals surface area contributed by atoms with Crippen LogP contribution in [0.15, 0.2) is 36.9 Å². The second-order valence-electron chi connectivity index (χ2n) is 3.87. The highest BCUT2D eigenvalue weighted by Gasteiger charge is 2.26. The quantitative estimate of drug-likeness (QED) is 0.787. The van der Waals surface area contributed by atoms with Crippen LogP contribution in [-0.2, 0) is 9.47 Å². The maximum Gasteiger partial charge on any atom is 0.119 e. The van der Waals surface area contributed by atoms with Crippen LogP contribution in [0, 0.1) is 0 Å². The van der Waals surface area contributed by atoms with Crippen LogP contribution in [0.25, 0.3) is 5.76 Å².